The summed E-state index contributed by atoms with van der Waals surface area (Å²) >= 11 is 0. The van der Waals surface area contributed by atoms with Gasteiger partial charge in [0.15, 0.2) is 0 Å². The molecule has 2 unspecified atom stereocenters. The SMILES string of the molecule is CCOC(/C=C/c1ccccc1)(C(O)c1ccccc1)n1nnc2ccccc21. The number of hydrogen-bond acceptors (Lipinski definition) is 4. The molecule has 0 amide bonds. The zero-order chi connectivity index (χ0) is 20.1. The molecule has 5 nitrogen and oxygen atoms in total. The summed E-state index contributed by atoms with van der Waals surface area (Å²) in [7, 11) is 0. The van der Waals surface area contributed by atoms with E-state index in [4.69, 9.17) is 4.74 Å². The molecule has 0 aliphatic heterocycles. The number of aliphatic hydroxyl groups is 1. The van der Waals surface area contributed by atoms with Gasteiger partial charge in [-0.2, -0.15) is 0 Å². The fraction of sp³-hybridized carbons (Fsp3) is 0.167. The van der Waals surface area contributed by atoms with Gasteiger partial charge in [0.1, 0.15) is 11.6 Å². The Labute approximate surface area is 169 Å². The molecule has 4 aromatic rings. The maximum Gasteiger partial charge on any atom is 0.212 e. The predicted molar refractivity (Wildman–Crippen MR) is 114 cm³/mol. The lowest BCUT2D eigenvalue weighted by Gasteiger charge is -2.35. The molecule has 2 atom stereocenters. The molecule has 4 rings (SSSR count). The molecule has 0 aliphatic rings. The van der Waals surface area contributed by atoms with Crippen molar-refractivity contribution >= 4 is 17.1 Å². The van der Waals surface area contributed by atoms with Crippen molar-refractivity contribution in [2.75, 3.05) is 6.61 Å². The summed E-state index contributed by atoms with van der Waals surface area (Å²) in [6.07, 6.45) is 2.82. The van der Waals surface area contributed by atoms with Crippen LogP contribution in [0.4, 0.5) is 0 Å². The summed E-state index contributed by atoms with van der Waals surface area (Å²) in [6, 6.07) is 27.1. The third kappa shape index (κ3) is 3.70. The third-order valence-corrected chi connectivity index (χ3v) is 4.88. The number of para-hydroxylation sites is 1. The number of rotatable bonds is 7. The van der Waals surface area contributed by atoms with E-state index in [0.717, 1.165) is 22.2 Å². The Hall–Kier alpha value is -3.28. The van der Waals surface area contributed by atoms with Crippen LogP contribution in [0.3, 0.4) is 0 Å². The second-order valence-electron chi connectivity index (χ2n) is 6.73. The number of hydrogen-bond donors (Lipinski definition) is 1. The van der Waals surface area contributed by atoms with E-state index in [1.54, 1.807) is 4.68 Å². The van der Waals surface area contributed by atoms with Gasteiger partial charge < -0.3 is 9.84 Å². The van der Waals surface area contributed by atoms with E-state index in [9.17, 15) is 5.11 Å². The standard InChI is InChI=1S/C24H23N3O2/c1-2-29-24(18-17-19-11-5-3-6-12-19,23(28)20-13-7-4-8-14-20)27-22-16-10-9-15-21(22)25-26-27/h3-18,23,28H,2H2,1H3/b18-17+. The first-order valence-corrected chi connectivity index (χ1v) is 9.67. The molecule has 0 spiro atoms. The highest BCUT2D eigenvalue weighted by Crippen LogP contribution is 2.37. The first kappa shape index (κ1) is 19.1. The van der Waals surface area contributed by atoms with Crippen LogP contribution in [-0.4, -0.2) is 26.7 Å². The van der Waals surface area contributed by atoms with E-state index in [-0.39, 0.29) is 0 Å². The molecule has 146 valence electrons. The second-order valence-corrected chi connectivity index (χ2v) is 6.73. The largest absolute Gasteiger partial charge is 0.383 e. The molecule has 0 saturated carbocycles. The zero-order valence-corrected chi connectivity index (χ0v) is 16.2. The Morgan fingerprint density at radius 3 is 2.34 bits per heavy atom. The summed E-state index contributed by atoms with van der Waals surface area (Å²) in [5, 5.41) is 20.2. The highest BCUT2D eigenvalue weighted by atomic mass is 16.5. The number of benzene rings is 3. The predicted octanol–water partition coefficient (Wildman–Crippen LogP) is 4.57. The van der Waals surface area contributed by atoms with E-state index >= 15 is 0 Å². The summed E-state index contributed by atoms with van der Waals surface area (Å²) in [4.78, 5) is 0. The van der Waals surface area contributed by atoms with Crippen LogP contribution in [-0.2, 0) is 10.5 Å². The van der Waals surface area contributed by atoms with E-state index in [1.165, 1.54) is 0 Å². The topological polar surface area (TPSA) is 60.2 Å². The first-order valence-electron chi connectivity index (χ1n) is 9.67. The maximum absolute atomic E-state index is 11.5. The maximum atomic E-state index is 11.5. The molecule has 3 aromatic carbocycles. The normalized spacial score (nSPS) is 14.8. The molecule has 5 heteroatoms. The monoisotopic (exact) mass is 385 g/mol. The lowest BCUT2D eigenvalue weighted by atomic mass is 9.96. The minimum absolute atomic E-state index is 0.386. The van der Waals surface area contributed by atoms with Crippen molar-refractivity contribution in [2.24, 2.45) is 0 Å². The van der Waals surface area contributed by atoms with Crippen molar-refractivity contribution in [2.45, 2.75) is 18.8 Å². The van der Waals surface area contributed by atoms with Gasteiger partial charge in [0.25, 0.3) is 0 Å². The van der Waals surface area contributed by atoms with E-state index < -0.39 is 11.8 Å². The lowest BCUT2D eigenvalue weighted by Crippen LogP contribution is -2.42. The molecule has 1 aromatic heterocycles. The van der Waals surface area contributed by atoms with Crippen molar-refractivity contribution in [1.29, 1.82) is 0 Å². The van der Waals surface area contributed by atoms with E-state index in [1.807, 2.05) is 104 Å². The van der Waals surface area contributed by atoms with Gasteiger partial charge in [-0.05, 0) is 36.3 Å². The Balaban J connectivity index is 1.92. The van der Waals surface area contributed by atoms with Gasteiger partial charge in [-0.3, -0.25) is 0 Å². The van der Waals surface area contributed by atoms with Gasteiger partial charge in [-0.1, -0.05) is 84.1 Å². The van der Waals surface area contributed by atoms with Crippen molar-refractivity contribution in [3.63, 3.8) is 0 Å². The molecule has 29 heavy (non-hydrogen) atoms. The smallest absolute Gasteiger partial charge is 0.212 e. The van der Waals surface area contributed by atoms with Gasteiger partial charge in [0, 0.05) is 6.61 Å². The quantitative estimate of drug-likeness (QED) is 0.506. The Morgan fingerprint density at radius 1 is 0.966 bits per heavy atom. The Morgan fingerprint density at radius 2 is 1.62 bits per heavy atom. The van der Waals surface area contributed by atoms with Gasteiger partial charge in [0.2, 0.25) is 5.72 Å². The third-order valence-electron chi connectivity index (χ3n) is 4.88. The molecule has 0 fully saturated rings. The van der Waals surface area contributed by atoms with E-state index in [0.29, 0.717) is 6.61 Å². The fourth-order valence-corrected chi connectivity index (χ4v) is 3.48. The van der Waals surface area contributed by atoms with Crippen LogP contribution >= 0.6 is 0 Å². The number of nitrogens with zero attached hydrogens (tertiary/aromatic N) is 3. The van der Waals surface area contributed by atoms with Crippen LogP contribution < -0.4 is 0 Å². The first-order chi connectivity index (χ1) is 14.2. The fourth-order valence-electron chi connectivity index (χ4n) is 3.48. The molecule has 0 radical (unpaired) electrons. The average Bonchev–Trinajstić information content (AvgIpc) is 3.22. The number of fused-ring (bicyclic) bond motifs is 1. The molecule has 0 aliphatic carbocycles. The van der Waals surface area contributed by atoms with Crippen LogP contribution in [0.5, 0.6) is 0 Å². The van der Waals surface area contributed by atoms with Crippen LogP contribution in [0.2, 0.25) is 0 Å². The summed E-state index contributed by atoms with van der Waals surface area (Å²) in [5.74, 6) is 0. The van der Waals surface area contributed by atoms with Gasteiger partial charge in [-0.25, -0.2) is 4.68 Å². The Kier molecular flexibility index (Phi) is 5.51. The minimum atomic E-state index is -1.26. The summed E-state index contributed by atoms with van der Waals surface area (Å²) < 4.78 is 7.91. The van der Waals surface area contributed by atoms with Crippen LogP contribution in [0, 0.1) is 0 Å². The summed E-state index contributed by atoms with van der Waals surface area (Å²) in [5.41, 5.74) is 2.00. The number of aliphatic hydroxyl groups excluding tert-OH is 1. The minimum Gasteiger partial charge on any atom is -0.383 e. The van der Waals surface area contributed by atoms with Gasteiger partial charge in [0.05, 0.1) is 5.52 Å². The molecule has 1 N–H and O–H groups in total. The molecular weight excluding hydrogens is 362 g/mol. The van der Waals surface area contributed by atoms with Crippen LogP contribution in [0.1, 0.15) is 24.2 Å². The van der Waals surface area contributed by atoms with Gasteiger partial charge in [-0.15, -0.1) is 5.10 Å². The van der Waals surface area contributed by atoms with Crippen molar-refractivity contribution in [3.05, 3.63) is 102 Å². The van der Waals surface area contributed by atoms with Crippen LogP contribution in [0.15, 0.2) is 91.0 Å². The molecule has 0 saturated heterocycles. The molecular formula is C24H23N3O2. The number of ether oxygens (including phenoxy) is 1. The van der Waals surface area contributed by atoms with E-state index in [2.05, 4.69) is 10.3 Å². The highest BCUT2D eigenvalue weighted by molar-refractivity contribution is 5.74. The highest BCUT2D eigenvalue weighted by Gasteiger charge is 2.41. The number of aromatic nitrogens is 3. The van der Waals surface area contributed by atoms with Crippen LogP contribution in [0.25, 0.3) is 17.1 Å². The van der Waals surface area contributed by atoms with Crippen molar-refractivity contribution in [3.8, 4) is 0 Å². The van der Waals surface area contributed by atoms with Gasteiger partial charge >= 0.3 is 0 Å². The lowest BCUT2D eigenvalue weighted by molar-refractivity contribution is -0.148. The van der Waals surface area contributed by atoms with Crippen molar-refractivity contribution < 1.29 is 9.84 Å². The summed E-state index contributed by atoms with van der Waals surface area (Å²) in [6.45, 7) is 2.29. The average molecular weight is 385 g/mol. The zero-order valence-electron chi connectivity index (χ0n) is 16.2. The Bertz CT molecular complexity index is 1090. The molecule has 1 heterocycles. The molecule has 0 bridgehead atoms. The second kappa shape index (κ2) is 8.39. The van der Waals surface area contributed by atoms with Crippen molar-refractivity contribution in [1.82, 2.24) is 15.0 Å².